The second-order valence-corrected chi connectivity index (χ2v) is 7.56. The van der Waals surface area contributed by atoms with Crippen molar-refractivity contribution >= 4 is 23.3 Å². The molecule has 6 N–H and O–H groups in total. The Bertz CT molecular complexity index is 928. The highest BCUT2D eigenvalue weighted by Gasteiger charge is 2.08. The molecule has 0 spiro atoms. The van der Waals surface area contributed by atoms with Crippen molar-refractivity contribution in [2.24, 2.45) is 11.6 Å². The first kappa shape index (κ1) is 24.6. The third-order valence-corrected chi connectivity index (χ3v) is 4.67. The summed E-state index contributed by atoms with van der Waals surface area (Å²) in [6, 6.07) is 11.4. The fourth-order valence-electron chi connectivity index (χ4n) is 2.92. The van der Waals surface area contributed by atoms with Crippen molar-refractivity contribution in [2.75, 3.05) is 37.9 Å². The van der Waals surface area contributed by atoms with E-state index in [2.05, 4.69) is 20.8 Å². The Kier molecular flexibility index (Phi) is 9.43. The molecule has 0 saturated heterocycles. The van der Waals surface area contributed by atoms with Gasteiger partial charge in [-0.05, 0) is 49.1 Å². The monoisotopic (exact) mass is 440 g/mol. The molecule has 0 aliphatic carbocycles. The number of amides is 2. The first-order valence-electron chi connectivity index (χ1n) is 10.4. The number of nitrogens with one attached hydrogen (secondary N) is 2. The van der Waals surface area contributed by atoms with Gasteiger partial charge in [0.2, 0.25) is 5.91 Å². The number of likely N-dealkylation sites (N-methyl/N-ethyl adjacent to an activating group) is 1. The van der Waals surface area contributed by atoms with Crippen LogP contribution in [0.3, 0.4) is 0 Å². The summed E-state index contributed by atoms with van der Waals surface area (Å²) in [6.07, 6.45) is 4.03. The summed E-state index contributed by atoms with van der Waals surface area (Å²) >= 11 is 0. The van der Waals surface area contributed by atoms with Gasteiger partial charge in [-0.2, -0.15) is 5.10 Å². The van der Waals surface area contributed by atoms with Crippen LogP contribution in [0, 0.1) is 0 Å². The lowest BCUT2D eigenvalue weighted by Gasteiger charge is -2.14. The number of hydrazine groups is 1. The molecule has 172 valence electrons. The Morgan fingerprint density at radius 1 is 1.12 bits per heavy atom. The summed E-state index contributed by atoms with van der Waals surface area (Å²) in [4.78, 5) is 25.7. The summed E-state index contributed by atoms with van der Waals surface area (Å²) in [6.45, 7) is 0.550. The van der Waals surface area contributed by atoms with Crippen LogP contribution in [-0.2, 0) is 22.4 Å². The molecule has 0 aliphatic rings. The zero-order valence-corrected chi connectivity index (χ0v) is 18.8. The standard InChI is InChI=1S/C22H32N8O2/c1-25-22(32)19(23)15-30(24)12-5-4-8-17-10-11-20(28-27-17)26-21(31)14-16-7-6-9-18(13-16)29(2)3/h6-7,9-11,13,15H,4-5,8,12,14,23-24H2,1-3H3,(H,25,32)(H,26,28,31)/b19-15-. The Labute approximate surface area is 188 Å². The number of benzene rings is 1. The third-order valence-electron chi connectivity index (χ3n) is 4.67. The van der Waals surface area contributed by atoms with E-state index in [4.69, 9.17) is 11.6 Å². The normalized spacial score (nSPS) is 11.1. The van der Waals surface area contributed by atoms with Crippen molar-refractivity contribution in [2.45, 2.75) is 25.7 Å². The van der Waals surface area contributed by atoms with E-state index in [0.29, 0.717) is 12.4 Å². The molecule has 2 rings (SSSR count). The van der Waals surface area contributed by atoms with E-state index < -0.39 is 0 Å². The number of hydrogen-bond donors (Lipinski definition) is 4. The number of carbonyl (C=O) groups is 2. The number of rotatable bonds is 11. The van der Waals surface area contributed by atoms with Crippen molar-refractivity contribution in [3.05, 3.63) is 59.6 Å². The van der Waals surface area contributed by atoms with Crippen LogP contribution in [0.4, 0.5) is 11.5 Å². The quantitative estimate of drug-likeness (QED) is 0.174. The summed E-state index contributed by atoms with van der Waals surface area (Å²) in [5, 5.41) is 14.9. The van der Waals surface area contributed by atoms with Gasteiger partial charge in [0.1, 0.15) is 5.70 Å². The van der Waals surface area contributed by atoms with Crippen molar-refractivity contribution in [3.8, 4) is 0 Å². The molecule has 2 aromatic rings. The molecule has 2 amide bonds. The number of nitrogens with two attached hydrogens (primary N) is 2. The van der Waals surface area contributed by atoms with E-state index >= 15 is 0 Å². The molecular formula is C22H32N8O2. The van der Waals surface area contributed by atoms with Gasteiger partial charge in [0.05, 0.1) is 12.1 Å². The average molecular weight is 441 g/mol. The molecule has 0 aliphatic heterocycles. The van der Waals surface area contributed by atoms with Gasteiger partial charge in [0.25, 0.3) is 5.91 Å². The fourth-order valence-corrected chi connectivity index (χ4v) is 2.92. The number of carbonyl (C=O) groups excluding carboxylic acids is 2. The molecule has 0 radical (unpaired) electrons. The third kappa shape index (κ3) is 8.23. The van der Waals surface area contributed by atoms with Gasteiger partial charge in [-0.3, -0.25) is 9.59 Å². The number of nitrogens with zero attached hydrogens (tertiary/aromatic N) is 4. The molecule has 0 bridgehead atoms. The lowest BCUT2D eigenvalue weighted by atomic mass is 10.1. The lowest BCUT2D eigenvalue weighted by molar-refractivity contribution is -0.117. The predicted octanol–water partition coefficient (Wildman–Crippen LogP) is 0.768. The highest BCUT2D eigenvalue weighted by molar-refractivity contribution is 5.92. The zero-order valence-electron chi connectivity index (χ0n) is 18.8. The molecule has 32 heavy (non-hydrogen) atoms. The Morgan fingerprint density at radius 3 is 2.56 bits per heavy atom. The number of aryl methyl sites for hydroxylation is 1. The van der Waals surface area contributed by atoms with Crippen molar-refractivity contribution in [3.63, 3.8) is 0 Å². The Balaban J connectivity index is 1.75. The van der Waals surface area contributed by atoms with Crippen LogP contribution < -0.4 is 27.1 Å². The van der Waals surface area contributed by atoms with Gasteiger partial charge in [0, 0.05) is 39.6 Å². The topological polar surface area (TPSA) is 142 Å². The number of aromatic nitrogens is 2. The van der Waals surface area contributed by atoms with Crippen LogP contribution in [0.15, 0.2) is 48.3 Å². The lowest BCUT2D eigenvalue weighted by Crippen LogP contribution is -2.32. The maximum absolute atomic E-state index is 12.3. The van der Waals surface area contributed by atoms with E-state index in [0.717, 1.165) is 36.2 Å². The minimum Gasteiger partial charge on any atom is -0.393 e. The van der Waals surface area contributed by atoms with E-state index in [9.17, 15) is 9.59 Å². The van der Waals surface area contributed by atoms with E-state index in [1.807, 2.05) is 49.3 Å². The molecular weight excluding hydrogens is 408 g/mol. The second kappa shape index (κ2) is 12.3. The van der Waals surface area contributed by atoms with Crippen LogP contribution in [-0.4, -0.2) is 54.7 Å². The second-order valence-electron chi connectivity index (χ2n) is 7.56. The van der Waals surface area contributed by atoms with Crippen molar-refractivity contribution in [1.82, 2.24) is 20.5 Å². The van der Waals surface area contributed by atoms with Crippen LogP contribution >= 0.6 is 0 Å². The van der Waals surface area contributed by atoms with Gasteiger partial charge in [-0.1, -0.05) is 12.1 Å². The summed E-state index contributed by atoms with van der Waals surface area (Å²) in [5.41, 5.74) is 8.47. The highest BCUT2D eigenvalue weighted by Crippen LogP contribution is 2.14. The van der Waals surface area contributed by atoms with E-state index in [1.54, 1.807) is 6.07 Å². The smallest absolute Gasteiger partial charge is 0.268 e. The molecule has 10 heteroatoms. The Morgan fingerprint density at radius 2 is 1.91 bits per heavy atom. The molecule has 0 fully saturated rings. The van der Waals surface area contributed by atoms with Crippen LogP contribution in [0.2, 0.25) is 0 Å². The van der Waals surface area contributed by atoms with Gasteiger partial charge >= 0.3 is 0 Å². The maximum atomic E-state index is 12.3. The Hall–Kier alpha value is -3.66. The minimum absolute atomic E-state index is 0.0592. The van der Waals surface area contributed by atoms with Crippen LogP contribution in [0.5, 0.6) is 0 Å². The number of anilines is 2. The average Bonchev–Trinajstić information content (AvgIpc) is 2.77. The number of unbranched alkanes of at least 4 members (excludes halogenated alkanes) is 1. The van der Waals surface area contributed by atoms with Crippen molar-refractivity contribution in [1.29, 1.82) is 0 Å². The summed E-state index contributed by atoms with van der Waals surface area (Å²) in [7, 11) is 5.43. The SMILES string of the molecule is CNC(=O)/C(N)=C/N(N)CCCCc1ccc(NC(=O)Cc2cccc(N(C)C)c2)nn1. The fraction of sp³-hybridized carbons (Fsp3) is 0.364. The molecule has 0 saturated carbocycles. The van der Waals surface area contributed by atoms with E-state index in [-0.39, 0.29) is 23.9 Å². The minimum atomic E-state index is -0.370. The van der Waals surface area contributed by atoms with Gasteiger partial charge in [-0.25, -0.2) is 5.84 Å². The summed E-state index contributed by atoms with van der Waals surface area (Å²) in [5.74, 6) is 5.73. The van der Waals surface area contributed by atoms with Crippen LogP contribution in [0.1, 0.15) is 24.1 Å². The van der Waals surface area contributed by atoms with Gasteiger partial charge in [-0.15, -0.1) is 5.10 Å². The first-order valence-corrected chi connectivity index (χ1v) is 10.4. The van der Waals surface area contributed by atoms with Gasteiger partial charge in [0.15, 0.2) is 5.82 Å². The van der Waals surface area contributed by atoms with Gasteiger partial charge < -0.3 is 26.3 Å². The molecule has 1 aromatic carbocycles. The van der Waals surface area contributed by atoms with E-state index in [1.165, 1.54) is 18.3 Å². The molecule has 0 atom stereocenters. The zero-order chi connectivity index (χ0) is 23.5. The highest BCUT2D eigenvalue weighted by atomic mass is 16.2. The molecule has 1 aromatic heterocycles. The number of hydrogen-bond acceptors (Lipinski definition) is 8. The molecule has 10 nitrogen and oxygen atoms in total. The maximum Gasteiger partial charge on any atom is 0.268 e. The molecule has 0 unspecified atom stereocenters. The van der Waals surface area contributed by atoms with Crippen molar-refractivity contribution < 1.29 is 9.59 Å². The largest absolute Gasteiger partial charge is 0.393 e. The summed E-state index contributed by atoms with van der Waals surface area (Å²) < 4.78 is 0. The van der Waals surface area contributed by atoms with Crippen LogP contribution in [0.25, 0.3) is 0 Å². The molecule has 1 heterocycles. The first-order chi connectivity index (χ1) is 15.3. The predicted molar refractivity (Wildman–Crippen MR) is 125 cm³/mol.